The summed E-state index contributed by atoms with van der Waals surface area (Å²) in [5.74, 6) is 1.36. The van der Waals surface area contributed by atoms with E-state index >= 15 is 0 Å². The highest BCUT2D eigenvalue weighted by Crippen LogP contribution is 2.40. The summed E-state index contributed by atoms with van der Waals surface area (Å²) in [7, 11) is 0. The predicted molar refractivity (Wildman–Crippen MR) is 130 cm³/mol. The lowest BCUT2D eigenvalue weighted by molar-refractivity contribution is -0.121. The second-order valence-electron chi connectivity index (χ2n) is 8.51. The van der Waals surface area contributed by atoms with E-state index in [1.807, 2.05) is 61.7 Å². The maximum atomic E-state index is 13.2. The van der Waals surface area contributed by atoms with Crippen LogP contribution in [0.2, 0.25) is 0 Å². The molecule has 5 rings (SSSR count). The summed E-state index contributed by atoms with van der Waals surface area (Å²) in [5.41, 5.74) is 5.64. The van der Waals surface area contributed by atoms with Crippen molar-refractivity contribution in [1.29, 1.82) is 0 Å². The third-order valence-electron chi connectivity index (χ3n) is 6.46. The van der Waals surface area contributed by atoms with E-state index in [1.54, 1.807) is 0 Å². The molecule has 2 heterocycles. The van der Waals surface area contributed by atoms with Crippen molar-refractivity contribution in [3.8, 4) is 11.5 Å². The second kappa shape index (κ2) is 9.02. The number of amides is 1. The molecule has 5 nitrogen and oxygen atoms in total. The second-order valence-corrected chi connectivity index (χ2v) is 8.51. The lowest BCUT2D eigenvalue weighted by atomic mass is 9.87. The summed E-state index contributed by atoms with van der Waals surface area (Å²) < 4.78 is 11.1. The largest absolute Gasteiger partial charge is 0.454 e. The molecule has 0 radical (unpaired) electrons. The normalized spacial score (nSPS) is 14.2. The number of aromatic amines is 1. The van der Waals surface area contributed by atoms with E-state index in [2.05, 4.69) is 35.4 Å². The van der Waals surface area contributed by atoms with E-state index in [4.69, 9.17) is 9.47 Å². The van der Waals surface area contributed by atoms with Gasteiger partial charge in [0.1, 0.15) is 0 Å². The number of aromatic nitrogens is 1. The highest BCUT2D eigenvalue weighted by atomic mass is 16.7. The maximum Gasteiger partial charge on any atom is 0.231 e. The Morgan fingerprint density at radius 1 is 1.00 bits per heavy atom. The molecule has 3 aromatic carbocycles. The van der Waals surface area contributed by atoms with Crippen molar-refractivity contribution < 1.29 is 14.3 Å². The van der Waals surface area contributed by atoms with E-state index in [-0.39, 0.29) is 24.7 Å². The third kappa shape index (κ3) is 4.19. The van der Waals surface area contributed by atoms with Crippen LogP contribution in [0.4, 0.5) is 0 Å². The first kappa shape index (κ1) is 21.1. The van der Waals surface area contributed by atoms with E-state index in [0.717, 1.165) is 45.5 Å². The number of carbonyl (C=O) groups is 1. The molecule has 0 saturated carbocycles. The summed E-state index contributed by atoms with van der Waals surface area (Å²) in [4.78, 5) is 16.7. The molecule has 33 heavy (non-hydrogen) atoms. The van der Waals surface area contributed by atoms with Crippen molar-refractivity contribution in [2.45, 2.75) is 38.6 Å². The Morgan fingerprint density at radius 3 is 2.64 bits per heavy atom. The average Bonchev–Trinajstić information content (AvgIpc) is 3.49. The van der Waals surface area contributed by atoms with Crippen molar-refractivity contribution in [2.75, 3.05) is 6.79 Å². The Morgan fingerprint density at radius 2 is 1.82 bits per heavy atom. The van der Waals surface area contributed by atoms with Crippen molar-refractivity contribution >= 4 is 16.8 Å². The highest BCUT2D eigenvalue weighted by Gasteiger charge is 2.25. The van der Waals surface area contributed by atoms with Gasteiger partial charge in [-0.3, -0.25) is 4.79 Å². The van der Waals surface area contributed by atoms with Gasteiger partial charge in [0.15, 0.2) is 11.5 Å². The number of benzene rings is 3. The van der Waals surface area contributed by atoms with Crippen LogP contribution in [-0.4, -0.2) is 17.7 Å². The first-order valence-electron chi connectivity index (χ1n) is 11.5. The Hall–Kier alpha value is -3.73. The highest BCUT2D eigenvalue weighted by molar-refractivity contribution is 5.88. The molecule has 2 atom stereocenters. The van der Waals surface area contributed by atoms with Gasteiger partial charge in [-0.25, -0.2) is 0 Å². The minimum Gasteiger partial charge on any atom is -0.454 e. The number of ether oxygens (including phenoxy) is 2. The zero-order chi connectivity index (χ0) is 22.8. The molecule has 168 valence electrons. The summed E-state index contributed by atoms with van der Waals surface area (Å²) >= 11 is 0. The first-order chi connectivity index (χ1) is 16.1. The summed E-state index contributed by atoms with van der Waals surface area (Å²) in [6.07, 6.45) is 3.33. The smallest absolute Gasteiger partial charge is 0.231 e. The van der Waals surface area contributed by atoms with Crippen molar-refractivity contribution in [2.24, 2.45) is 0 Å². The van der Waals surface area contributed by atoms with E-state index in [1.165, 1.54) is 5.56 Å². The van der Waals surface area contributed by atoms with Crippen molar-refractivity contribution in [1.82, 2.24) is 10.3 Å². The molecule has 1 aliphatic heterocycles. The van der Waals surface area contributed by atoms with Crippen LogP contribution in [0.3, 0.4) is 0 Å². The van der Waals surface area contributed by atoms with Gasteiger partial charge < -0.3 is 19.8 Å². The van der Waals surface area contributed by atoms with Gasteiger partial charge in [-0.1, -0.05) is 61.5 Å². The fraction of sp³-hybridized carbons (Fsp3) is 0.250. The molecule has 2 N–H and O–H groups in total. The first-order valence-corrected chi connectivity index (χ1v) is 11.5. The van der Waals surface area contributed by atoms with Crippen LogP contribution in [0.5, 0.6) is 11.5 Å². The van der Waals surface area contributed by atoms with Crippen LogP contribution in [0.1, 0.15) is 54.5 Å². The van der Waals surface area contributed by atoms with Crippen LogP contribution >= 0.6 is 0 Å². The number of hydrogen-bond donors (Lipinski definition) is 2. The number of fused-ring (bicyclic) bond motifs is 2. The molecule has 1 aromatic heterocycles. The van der Waals surface area contributed by atoms with Gasteiger partial charge in [-0.05, 0) is 47.7 Å². The van der Waals surface area contributed by atoms with Crippen LogP contribution in [0, 0.1) is 0 Å². The summed E-state index contributed by atoms with van der Waals surface area (Å²) in [5, 5.41) is 4.33. The number of aryl methyl sites for hydroxylation is 1. The number of hydrogen-bond acceptors (Lipinski definition) is 3. The number of nitrogens with one attached hydrogen (secondary N) is 2. The van der Waals surface area contributed by atoms with E-state index < -0.39 is 0 Å². The van der Waals surface area contributed by atoms with Crippen LogP contribution in [-0.2, 0) is 11.2 Å². The Labute approximate surface area is 193 Å². The zero-order valence-corrected chi connectivity index (χ0v) is 18.9. The van der Waals surface area contributed by atoms with E-state index in [0.29, 0.717) is 6.42 Å². The summed E-state index contributed by atoms with van der Waals surface area (Å²) in [6, 6.07) is 22.3. The minimum atomic E-state index is -0.122. The van der Waals surface area contributed by atoms with Crippen LogP contribution < -0.4 is 14.8 Å². The number of H-pyrrole nitrogens is 1. The monoisotopic (exact) mass is 440 g/mol. The fourth-order valence-electron chi connectivity index (χ4n) is 4.67. The SMILES string of the molecule is CCc1cccc2c([C@@H](CC(=O)N[C@H](C)c3ccccc3)c3ccc4c(c3)OCO4)c[nH]c12. The molecule has 0 saturated heterocycles. The molecular formula is C28H28N2O3. The Balaban J connectivity index is 1.49. The molecule has 0 fully saturated rings. The molecule has 0 bridgehead atoms. The standard InChI is InChI=1S/C28H28N2O3/c1-3-19-10-7-11-22-24(16-29-28(19)22)23(21-12-13-25-26(14-21)33-17-32-25)15-27(31)30-18(2)20-8-5-4-6-9-20/h4-14,16,18,23,29H,3,15,17H2,1-2H3,(H,30,31)/t18-,23+/m1/s1. The average molecular weight is 441 g/mol. The fourth-order valence-corrected chi connectivity index (χ4v) is 4.67. The Kier molecular flexibility index (Phi) is 5.78. The quantitative estimate of drug-likeness (QED) is 0.378. The molecule has 1 amide bonds. The lowest BCUT2D eigenvalue weighted by Crippen LogP contribution is -2.28. The van der Waals surface area contributed by atoms with Crippen molar-refractivity contribution in [3.05, 3.63) is 95.2 Å². The molecule has 4 aromatic rings. The van der Waals surface area contributed by atoms with Crippen molar-refractivity contribution in [3.63, 3.8) is 0 Å². The lowest BCUT2D eigenvalue weighted by Gasteiger charge is -2.20. The molecule has 5 heteroatoms. The van der Waals surface area contributed by atoms with Gasteiger partial charge in [0.2, 0.25) is 12.7 Å². The molecule has 0 unspecified atom stereocenters. The third-order valence-corrected chi connectivity index (χ3v) is 6.46. The molecular weight excluding hydrogens is 412 g/mol. The summed E-state index contributed by atoms with van der Waals surface area (Å²) in [6.45, 7) is 4.40. The molecule has 0 aliphatic carbocycles. The van der Waals surface area contributed by atoms with Gasteiger partial charge in [0, 0.05) is 29.4 Å². The van der Waals surface area contributed by atoms with Gasteiger partial charge in [0.25, 0.3) is 0 Å². The maximum absolute atomic E-state index is 13.2. The minimum absolute atomic E-state index is 0.00927. The molecule has 1 aliphatic rings. The van der Waals surface area contributed by atoms with Gasteiger partial charge in [-0.2, -0.15) is 0 Å². The predicted octanol–water partition coefficient (Wildman–Crippen LogP) is 5.86. The van der Waals surface area contributed by atoms with Gasteiger partial charge in [-0.15, -0.1) is 0 Å². The van der Waals surface area contributed by atoms with Gasteiger partial charge >= 0.3 is 0 Å². The number of rotatable bonds is 7. The number of carbonyl (C=O) groups excluding carboxylic acids is 1. The van der Waals surface area contributed by atoms with Crippen LogP contribution in [0.25, 0.3) is 10.9 Å². The van der Waals surface area contributed by atoms with E-state index in [9.17, 15) is 4.79 Å². The molecule has 0 spiro atoms. The topological polar surface area (TPSA) is 63.4 Å². The van der Waals surface area contributed by atoms with Gasteiger partial charge in [0.05, 0.1) is 6.04 Å². The number of para-hydroxylation sites is 1. The Bertz CT molecular complexity index is 1280. The van der Waals surface area contributed by atoms with Crippen LogP contribution in [0.15, 0.2) is 72.9 Å². The zero-order valence-electron chi connectivity index (χ0n) is 18.9.